The first-order valence-electron chi connectivity index (χ1n) is 4.55. The molecule has 2 aromatic rings. The summed E-state index contributed by atoms with van der Waals surface area (Å²) < 4.78 is 0. The van der Waals surface area contributed by atoms with E-state index in [1.54, 1.807) is 18.3 Å². The number of pyridine rings is 1. The van der Waals surface area contributed by atoms with E-state index in [0.29, 0.717) is 5.39 Å². The molecule has 0 saturated heterocycles. The van der Waals surface area contributed by atoms with Crippen molar-refractivity contribution in [2.75, 3.05) is 0 Å². The van der Waals surface area contributed by atoms with E-state index in [1.807, 2.05) is 6.92 Å². The number of H-pyrrole nitrogens is 1. The average molecular weight is 189 g/mol. The van der Waals surface area contributed by atoms with Gasteiger partial charge in [-0.3, -0.25) is 4.79 Å². The lowest BCUT2D eigenvalue weighted by Gasteiger charge is -2.03. The van der Waals surface area contributed by atoms with Crippen molar-refractivity contribution in [2.24, 2.45) is 0 Å². The first kappa shape index (κ1) is 8.81. The maximum atomic E-state index is 11.4. The van der Waals surface area contributed by atoms with Crippen molar-refractivity contribution in [1.82, 2.24) is 4.98 Å². The molecule has 0 saturated carbocycles. The Labute approximate surface area is 81.0 Å². The number of aromatic nitrogens is 1. The minimum atomic E-state index is -0.159. The largest absolute Gasteiger partial charge is 0.508 e. The molecule has 2 rings (SSSR count). The molecule has 2 N–H and O–H groups in total. The fraction of sp³-hybridized carbons (Fsp3) is 0.182. The zero-order valence-electron chi connectivity index (χ0n) is 7.87. The van der Waals surface area contributed by atoms with E-state index in [4.69, 9.17) is 0 Å². The molecule has 0 radical (unpaired) electrons. The van der Waals surface area contributed by atoms with Crippen molar-refractivity contribution in [3.05, 3.63) is 40.3 Å². The minimum absolute atomic E-state index is 0.122. The predicted molar refractivity (Wildman–Crippen MR) is 55.6 cm³/mol. The number of benzene rings is 1. The van der Waals surface area contributed by atoms with Crippen molar-refractivity contribution in [1.29, 1.82) is 0 Å². The summed E-state index contributed by atoms with van der Waals surface area (Å²) in [4.78, 5) is 14.1. The normalized spacial score (nSPS) is 10.6. The predicted octanol–water partition coefficient (Wildman–Crippen LogP) is 1.80. The second-order valence-electron chi connectivity index (χ2n) is 3.23. The second kappa shape index (κ2) is 3.18. The molecule has 1 aromatic heterocycles. The summed E-state index contributed by atoms with van der Waals surface area (Å²) in [6.07, 6.45) is 2.58. The third-order valence-corrected chi connectivity index (χ3v) is 2.35. The molecule has 14 heavy (non-hydrogen) atoms. The van der Waals surface area contributed by atoms with Crippen molar-refractivity contribution in [3.63, 3.8) is 0 Å². The van der Waals surface area contributed by atoms with E-state index < -0.39 is 0 Å². The Morgan fingerprint density at radius 3 is 2.86 bits per heavy atom. The van der Waals surface area contributed by atoms with Crippen molar-refractivity contribution in [2.45, 2.75) is 13.3 Å². The van der Waals surface area contributed by atoms with Gasteiger partial charge in [-0.1, -0.05) is 13.0 Å². The molecule has 0 bridgehead atoms. The van der Waals surface area contributed by atoms with Gasteiger partial charge in [0.15, 0.2) is 0 Å². The number of hydrogen-bond acceptors (Lipinski definition) is 2. The van der Waals surface area contributed by atoms with Crippen LogP contribution in [0.3, 0.4) is 0 Å². The molecule has 3 heteroatoms. The van der Waals surface area contributed by atoms with Gasteiger partial charge in [0.25, 0.3) is 5.56 Å². The SMILES string of the molecule is CCc1c[nH]c(=O)c2cc(O)ccc12. The Kier molecular flexibility index (Phi) is 2.00. The molecule has 1 heterocycles. The van der Waals surface area contributed by atoms with Crippen LogP contribution in [-0.4, -0.2) is 10.1 Å². The van der Waals surface area contributed by atoms with Gasteiger partial charge in [-0.2, -0.15) is 0 Å². The van der Waals surface area contributed by atoms with Crippen LogP contribution in [0.25, 0.3) is 10.8 Å². The molecule has 0 aliphatic rings. The Morgan fingerprint density at radius 2 is 2.14 bits per heavy atom. The molecule has 0 atom stereocenters. The second-order valence-corrected chi connectivity index (χ2v) is 3.23. The summed E-state index contributed by atoms with van der Waals surface area (Å²) in [5, 5.41) is 10.7. The summed E-state index contributed by atoms with van der Waals surface area (Å²) >= 11 is 0. The highest BCUT2D eigenvalue weighted by atomic mass is 16.3. The fourth-order valence-corrected chi connectivity index (χ4v) is 1.60. The molecule has 72 valence electrons. The maximum absolute atomic E-state index is 11.4. The van der Waals surface area contributed by atoms with E-state index >= 15 is 0 Å². The third kappa shape index (κ3) is 1.27. The molecule has 0 amide bonds. The molecular formula is C11H11NO2. The molecule has 0 fully saturated rings. The molecule has 0 aliphatic heterocycles. The Morgan fingerprint density at radius 1 is 1.36 bits per heavy atom. The monoisotopic (exact) mass is 189 g/mol. The lowest BCUT2D eigenvalue weighted by Crippen LogP contribution is -2.06. The molecular weight excluding hydrogens is 178 g/mol. The number of aromatic hydroxyl groups is 1. The first-order valence-corrected chi connectivity index (χ1v) is 4.55. The van der Waals surface area contributed by atoms with Crippen LogP contribution in [0.2, 0.25) is 0 Å². The van der Waals surface area contributed by atoms with Gasteiger partial charge in [0.05, 0.1) is 5.39 Å². The Balaban J connectivity index is 2.91. The van der Waals surface area contributed by atoms with E-state index in [2.05, 4.69) is 4.98 Å². The van der Waals surface area contributed by atoms with Crippen molar-refractivity contribution in [3.8, 4) is 5.75 Å². The molecule has 0 unspecified atom stereocenters. The summed E-state index contributed by atoms with van der Waals surface area (Å²) in [6.45, 7) is 2.03. The van der Waals surface area contributed by atoms with Gasteiger partial charge in [-0.05, 0) is 29.5 Å². The van der Waals surface area contributed by atoms with Gasteiger partial charge in [-0.25, -0.2) is 0 Å². The van der Waals surface area contributed by atoms with Gasteiger partial charge in [0, 0.05) is 6.20 Å². The highest BCUT2D eigenvalue weighted by Gasteiger charge is 2.03. The third-order valence-electron chi connectivity index (χ3n) is 2.35. The van der Waals surface area contributed by atoms with Crippen LogP contribution in [-0.2, 0) is 6.42 Å². The van der Waals surface area contributed by atoms with Crippen LogP contribution >= 0.6 is 0 Å². The zero-order valence-corrected chi connectivity index (χ0v) is 7.87. The summed E-state index contributed by atoms with van der Waals surface area (Å²) in [7, 11) is 0. The van der Waals surface area contributed by atoms with Gasteiger partial charge < -0.3 is 10.1 Å². The first-order chi connectivity index (χ1) is 6.72. The van der Waals surface area contributed by atoms with Crippen molar-refractivity contribution < 1.29 is 5.11 Å². The van der Waals surface area contributed by atoms with E-state index in [1.165, 1.54) is 6.07 Å². The standard InChI is InChI=1S/C11H11NO2/c1-2-7-6-12-11(14)10-5-8(13)3-4-9(7)10/h3-6,13H,2H2,1H3,(H,12,14). The zero-order chi connectivity index (χ0) is 10.1. The average Bonchev–Trinajstić information content (AvgIpc) is 2.19. The van der Waals surface area contributed by atoms with Crippen molar-refractivity contribution >= 4 is 10.8 Å². The highest BCUT2D eigenvalue weighted by Crippen LogP contribution is 2.19. The van der Waals surface area contributed by atoms with Crippen LogP contribution in [0, 0.1) is 0 Å². The fourth-order valence-electron chi connectivity index (χ4n) is 1.60. The number of fused-ring (bicyclic) bond motifs is 1. The van der Waals surface area contributed by atoms with Gasteiger partial charge in [0.1, 0.15) is 5.75 Å². The van der Waals surface area contributed by atoms with Gasteiger partial charge >= 0.3 is 0 Å². The number of phenolic OH excluding ortho intramolecular Hbond substituents is 1. The van der Waals surface area contributed by atoms with Crippen LogP contribution in [0.1, 0.15) is 12.5 Å². The van der Waals surface area contributed by atoms with E-state index in [-0.39, 0.29) is 11.3 Å². The van der Waals surface area contributed by atoms with E-state index in [9.17, 15) is 9.90 Å². The number of nitrogens with one attached hydrogen (secondary N) is 1. The summed E-state index contributed by atoms with van der Waals surface area (Å²) in [5.74, 6) is 0.122. The molecule has 0 aliphatic carbocycles. The van der Waals surface area contributed by atoms with Gasteiger partial charge in [-0.15, -0.1) is 0 Å². The van der Waals surface area contributed by atoms with Crippen LogP contribution in [0.5, 0.6) is 5.75 Å². The number of aromatic amines is 1. The summed E-state index contributed by atoms with van der Waals surface area (Å²) in [5.41, 5.74) is 0.924. The number of hydrogen-bond donors (Lipinski definition) is 2. The van der Waals surface area contributed by atoms with Gasteiger partial charge in [0.2, 0.25) is 0 Å². The van der Waals surface area contributed by atoms with Crippen LogP contribution < -0.4 is 5.56 Å². The van der Waals surface area contributed by atoms with Crippen LogP contribution in [0.15, 0.2) is 29.2 Å². The topological polar surface area (TPSA) is 53.1 Å². The number of rotatable bonds is 1. The van der Waals surface area contributed by atoms with E-state index in [0.717, 1.165) is 17.4 Å². The highest BCUT2D eigenvalue weighted by molar-refractivity contribution is 5.85. The quantitative estimate of drug-likeness (QED) is 0.718. The lowest BCUT2D eigenvalue weighted by atomic mass is 10.1. The smallest absolute Gasteiger partial charge is 0.255 e. The van der Waals surface area contributed by atoms with Crippen LogP contribution in [0.4, 0.5) is 0 Å². The molecule has 0 spiro atoms. The summed E-state index contributed by atoms with van der Waals surface area (Å²) in [6, 6.07) is 4.87. The Bertz CT molecular complexity index is 528. The Hall–Kier alpha value is -1.77. The molecule has 3 nitrogen and oxygen atoms in total. The molecule has 1 aromatic carbocycles. The minimum Gasteiger partial charge on any atom is -0.508 e. The number of aryl methyl sites for hydroxylation is 1. The number of phenols is 1. The maximum Gasteiger partial charge on any atom is 0.255 e. The lowest BCUT2D eigenvalue weighted by molar-refractivity contribution is 0.476.